The standard InChI is InChI=1S/C13H17N3O2S/c1-2-14-5-3-4-12-15-16-13(19-12)9-6-10(17)8-11(18)7-9/h6-8,14,17-18H,2-5H2,1H3. The molecular formula is C13H17N3O2S. The molecule has 1 aromatic heterocycles. The highest BCUT2D eigenvalue weighted by molar-refractivity contribution is 7.14. The lowest BCUT2D eigenvalue weighted by Crippen LogP contribution is -2.14. The molecule has 0 fully saturated rings. The second kappa shape index (κ2) is 6.49. The van der Waals surface area contributed by atoms with E-state index in [1.807, 2.05) is 0 Å². The van der Waals surface area contributed by atoms with Crippen LogP contribution in [0.1, 0.15) is 18.4 Å². The van der Waals surface area contributed by atoms with E-state index in [9.17, 15) is 10.2 Å². The van der Waals surface area contributed by atoms with Crippen molar-refractivity contribution in [1.82, 2.24) is 15.5 Å². The highest BCUT2D eigenvalue weighted by Gasteiger charge is 2.08. The molecule has 0 saturated carbocycles. The topological polar surface area (TPSA) is 78.3 Å². The number of aromatic hydroxyl groups is 2. The number of hydrogen-bond acceptors (Lipinski definition) is 6. The second-order valence-electron chi connectivity index (χ2n) is 4.20. The summed E-state index contributed by atoms with van der Waals surface area (Å²) in [5, 5.41) is 32.1. The summed E-state index contributed by atoms with van der Waals surface area (Å²) in [5.41, 5.74) is 0.688. The molecule has 6 heteroatoms. The van der Waals surface area contributed by atoms with E-state index in [0.717, 1.165) is 30.9 Å². The van der Waals surface area contributed by atoms with Crippen molar-refractivity contribution in [2.24, 2.45) is 0 Å². The van der Waals surface area contributed by atoms with Crippen molar-refractivity contribution in [2.75, 3.05) is 13.1 Å². The van der Waals surface area contributed by atoms with Crippen molar-refractivity contribution in [3.8, 4) is 22.1 Å². The third-order valence-electron chi connectivity index (χ3n) is 2.61. The summed E-state index contributed by atoms with van der Waals surface area (Å²) in [5.74, 6) is 0.0535. The molecular weight excluding hydrogens is 262 g/mol. The van der Waals surface area contributed by atoms with E-state index >= 15 is 0 Å². The smallest absolute Gasteiger partial charge is 0.148 e. The number of rotatable bonds is 6. The van der Waals surface area contributed by atoms with Crippen LogP contribution < -0.4 is 5.32 Å². The molecule has 0 bridgehead atoms. The lowest BCUT2D eigenvalue weighted by Gasteiger charge is -1.99. The van der Waals surface area contributed by atoms with Crippen molar-refractivity contribution < 1.29 is 10.2 Å². The first kappa shape index (κ1) is 13.8. The van der Waals surface area contributed by atoms with Crippen LogP contribution in [0.15, 0.2) is 18.2 Å². The Labute approximate surface area is 115 Å². The number of nitrogens with zero attached hydrogens (tertiary/aromatic N) is 2. The summed E-state index contributed by atoms with van der Waals surface area (Å²) in [6.45, 7) is 4.03. The van der Waals surface area contributed by atoms with E-state index in [2.05, 4.69) is 22.4 Å². The fraction of sp³-hybridized carbons (Fsp3) is 0.385. The molecule has 3 N–H and O–H groups in total. The Morgan fingerprint density at radius 2 is 1.89 bits per heavy atom. The zero-order chi connectivity index (χ0) is 13.7. The number of aryl methyl sites for hydroxylation is 1. The van der Waals surface area contributed by atoms with E-state index in [4.69, 9.17) is 0 Å². The summed E-state index contributed by atoms with van der Waals surface area (Å²) in [6, 6.07) is 4.44. The van der Waals surface area contributed by atoms with Crippen LogP contribution in [0.4, 0.5) is 0 Å². The molecule has 1 aromatic carbocycles. The quantitative estimate of drug-likeness (QED) is 0.706. The maximum absolute atomic E-state index is 9.45. The third-order valence-corrected chi connectivity index (χ3v) is 3.64. The molecule has 0 unspecified atom stereocenters. The number of phenolic OH excluding ortho intramolecular Hbond substituents is 2. The van der Waals surface area contributed by atoms with Gasteiger partial charge in [-0.1, -0.05) is 18.3 Å². The molecule has 0 aliphatic carbocycles. The molecule has 0 aliphatic rings. The first-order chi connectivity index (χ1) is 9.19. The van der Waals surface area contributed by atoms with Crippen LogP contribution in [0.5, 0.6) is 11.5 Å². The molecule has 19 heavy (non-hydrogen) atoms. The number of benzene rings is 1. The van der Waals surface area contributed by atoms with Gasteiger partial charge in [0.2, 0.25) is 0 Å². The van der Waals surface area contributed by atoms with Gasteiger partial charge in [-0.15, -0.1) is 10.2 Å². The number of hydrogen-bond donors (Lipinski definition) is 3. The fourth-order valence-corrected chi connectivity index (χ4v) is 2.60. The fourth-order valence-electron chi connectivity index (χ4n) is 1.73. The van der Waals surface area contributed by atoms with Gasteiger partial charge in [-0.25, -0.2) is 0 Å². The van der Waals surface area contributed by atoms with Gasteiger partial charge in [0, 0.05) is 18.1 Å². The third kappa shape index (κ3) is 3.90. The minimum Gasteiger partial charge on any atom is -0.508 e. The van der Waals surface area contributed by atoms with E-state index < -0.39 is 0 Å². The average molecular weight is 279 g/mol. The van der Waals surface area contributed by atoms with Crippen molar-refractivity contribution in [1.29, 1.82) is 0 Å². The zero-order valence-corrected chi connectivity index (χ0v) is 11.6. The maximum atomic E-state index is 9.45. The lowest BCUT2D eigenvalue weighted by molar-refractivity contribution is 0.451. The molecule has 0 saturated heterocycles. The normalized spacial score (nSPS) is 10.8. The molecule has 5 nitrogen and oxygen atoms in total. The Hall–Kier alpha value is -1.66. The van der Waals surface area contributed by atoms with Crippen molar-refractivity contribution in [2.45, 2.75) is 19.8 Å². The summed E-state index contributed by atoms with van der Waals surface area (Å²) in [7, 11) is 0. The van der Waals surface area contributed by atoms with Crippen molar-refractivity contribution in [3.05, 3.63) is 23.2 Å². The molecule has 0 aliphatic heterocycles. The van der Waals surface area contributed by atoms with Gasteiger partial charge in [-0.2, -0.15) is 0 Å². The van der Waals surface area contributed by atoms with E-state index in [1.165, 1.54) is 17.4 Å². The van der Waals surface area contributed by atoms with Crippen LogP contribution in [0, 0.1) is 0 Å². The summed E-state index contributed by atoms with van der Waals surface area (Å²) >= 11 is 1.49. The van der Waals surface area contributed by atoms with Crippen LogP contribution in [-0.2, 0) is 6.42 Å². The average Bonchev–Trinajstić information content (AvgIpc) is 2.82. The molecule has 102 valence electrons. The minimum atomic E-state index is 0.0268. The Kier molecular flexibility index (Phi) is 4.70. The molecule has 0 radical (unpaired) electrons. The SMILES string of the molecule is CCNCCCc1nnc(-c2cc(O)cc(O)c2)s1. The molecule has 0 spiro atoms. The Morgan fingerprint density at radius 1 is 1.16 bits per heavy atom. The van der Waals surface area contributed by atoms with Gasteiger partial charge >= 0.3 is 0 Å². The molecule has 0 amide bonds. The summed E-state index contributed by atoms with van der Waals surface area (Å²) in [6.07, 6.45) is 1.91. The van der Waals surface area contributed by atoms with Crippen LogP contribution in [0.2, 0.25) is 0 Å². The second-order valence-corrected chi connectivity index (χ2v) is 5.26. The minimum absolute atomic E-state index is 0.0268. The van der Waals surface area contributed by atoms with Crippen LogP contribution >= 0.6 is 11.3 Å². The zero-order valence-electron chi connectivity index (χ0n) is 10.8. The number of phenols is 2. The monoisotopic (exact) mass is 279 g/mol. The molecule has 2 aromatic rings. The highest BCUT2D eigenvalue weighted by atomic mass is 32.1. The first-order valence-corrected chi connectivity index (χ1v) is 7.07. The largest absolute Gasteiger partial charge is 0.508 e. The van der Waals surface area contributed by atoms with Gasteiger partial charge in [0.05, 0.1) is 0 Å². The van der Waals surface area contributed by atoms with Crippen molar-refractivity contribution in [3.63, 3.8) is 0 Å². The van der Waals surface area contributed by atoms with Gasteiger partial charge < -0.3 is 15.5 Å². The van der Waals surface area contributed by atoms with Crippen LogP contribution in [0.3, 0.4) is 0 Å². The van der Waals surface area contributed by atoms with Crippen LogP contribution in [-0.4, -0.2) is 33.5 Å². The Balaban J connectivity index is 2.03. The number of nitrogens with one attached hydrogen (secondary N) is 1. The van der Waals surface area contributed by atoms with E-state index in [-0.39, 0.29) is 11.5 Å². The van der Waals surface area contributed by atoms with Crippen LogP contribution in [0.25, 0.3) is 10.6 Å². The van der Waals surface area contributed by atoms with E-state index in [1.54, 1.807) is 12.1 Å². The van der Waals surface area contributed by atoms with E-state index in [0.29, 0.717) is 10.6 Å². The first-order valence-electron chi connectivity index (χ1n) is 6.25. The maximum Gasteiger partial charge on any atom is 0.148 e. The summed E-state index contributed by atoms with van der Waals surface area (Å²) < 4.78 is 0. The molecule has 0 atom stereocenters. The van der Waals surface area contributed by atoms with Gasteiger partial charge in [-0.3, -0.25) is 0 Å². The summed E-state index contributed by atoms with van der Waals surface area (Å²) in [4.78, 5) is 0. The Morgan fingerprint density at radius 3 is 2.58 bits per heavy atom. The van der Waals surface area contributed by atoms with Crippen molar-refractivity contribution >= 4 is 11.3 Å². The highest BCUT2D eigenvalue weighted by Crippen LogP contribution is 2.30. The number of aromatic nitrogens is 2. The molecule has 1 heterocycles. The predicted molar refractivity (Wildman–Crippen MR) is 75.5 cm³/mol. The Bertz CT molecular complexity index is 522. The predicted octanol–water partition coefficient (Wildman–Crippen LogP) is 2.16. The molecule has 2 rings (SSSR count). The van der Waals surface area contributed by atoms with Gasteiger partial charge in [0.1, 0.15) is 21.5 Å². The van der Waals surface area contributed by atoms with Gasteiger partial charge in [0.25, 0.3) is 0 Å². The van der Waals surface area contributed by atoms with Gasteiger partial charge in [0.15, 0.2) is 0 Å². The van der Waals surface area contributed by atoms with Gasteiger partial charge in [-0.05, 0) is 31.6 Å². The lowest BCUT2D eigenvalue weighted by atomic mass is 10.2.